The predicted molar refractivity (Wildman–Crippen MR) is 62.7 cm³/mol. The Balaban J connectivity index is 1.80. The van der Waals surface area contributed by atoms with E-state index in [1.54, 1.807) is 0 Å². The van der Waals surface area contributed by atoms with Crippen LogP contribution in [-0.2, 0) is 9.47 Å². The third-order valence-corrected chi connectivity index (χ3v) is 3.96. The van der Waals surface area contributed by atoms with Crippen LogP contribution in [0.15, 0.2) is 0 Å². The van der Waals surface area contributed by atoms with Crippen LogP contribution in [-0.4, -0.2) is 75.9 Å². The van der Waals surface area contributed by atoms with Crippen molar-refractivity contribution in [2.75, 3.05) is 66.9 Å². The van der Waals surface area contributed by atoms with E-state index in [1.165, 1.54) is 39.0 Å². The van der Waals surface area contributed by atoms with Crippen molar-refractivity contribution in [2.45, 2.75) is 12.8 Å². The Morgan fingerprint density at radius 3 is 1.56 bits per heavy atom. The fraction of sp³-hybridized carbons (Fsp3) is 1.00. The topological polar surface area (TPSA) is 18.5 Å². The molecule has 0 spiro atoms. The van der Waals surface area contributed by atoms with Crippen molar-refractivity contribution in [3.05, 3.63) is 0 Å². The number of nitrogens with zero attached hydrogens (tertiary/aromatic N) is 2. The molecule has 0 amide bonds. The van der Waals surface area contributed by atoms with E-state index in [-0.39, 0.29) is 0 Å². The van der Waals surface area contributed by atoms with Gasteiger partial charge in [-0.1, -0.05) is 0 Å². The highest BCUT2D eigenvalue weighted by Crippen LogP contribution is 2.15. The summed E-state index contributed by atoms with van der Waals surface area (Å²) in [7, 11) is 4.63. The molecular formula is C12H26N2O2+2. The Kier molecular flexibility index (Phi) is 3.85. The fourth-order valence-corrected chi connectivity index (χ4v) is 2.63. The van der Waals surface area contributed by atoms with Crippen LogP contribution in [0.2, 0.25) is 0 Å². The van der Waals surface area contributed by atoms with Crippen LogP contribution < -0.4 is 0 Å². The van der Waals surface area contributed by atoms with Gasteiger partial charge in [-0.2, -0.15) is 0 Å². The lowest BCUT2D eigenvalue weighted by Gasteiger charge is -2.42. The molecule has 0 aromatic carbocycles. The molecule has 0 aliphatic carbocycles. The molecule has 2 unspecified atom stereocenters. The van der Waals surface area contributed by atoms with Crippen molar-refractivity contribution >= 4 is 0 Å². The monoisotopic (exact) mass is 230 g/mol. The molecule has 4 nitrogen and oxygen atoms in total. The lowest BCUT2D eigenvalue weighted by molar-refractivity contribution is -0.986. The molecule has 4 heteroatoms. The van der Waals surface area contributed by atoms with Crippen molar-refractivity contribution in [1.82, 2.24) is 0 Å². The summed E-state index contributed by atoms with van der Waals surface area (Å²) in [5, 5.41) is 0. The van der Waals surface area contributed by atoms with Crippen molar-refractivity contribution in [3.8, 4) is 0 Å². The Bertz CT molecular complexity index is 197. The van der Waals surface area contributed by atoms with Crippen LogP contribution >= 0.6 is 0 Å². The molecule has 0 aromatic rings. The molecule has 0 aromatic heterocycles. The first-order chi connectivity index (χ1) is 7.62. The average Bonchev–Trinajstić information content (AvgIpc) is 2.29. The molecule has 0 bridgehead atoms. The fourth-order valence-electron chi connectivity index (χ4n) is 2.63. The van der Waals surface area contributed by atoms with Gasteiger partial charge >= 0.3 is 0 Å². The lowest BCUT2D eigenvalue weighted by atomic mass is 10.2. The van der Waals surface area contributed by atoms with Crippen LogP contribution in [0.1, 0.15) is 12.8 Å². The van der Waals surface area contributed by atoms with Crippen LogP contribution in [0.25, 0.3) is 0 Å². The minimum Gasteiger partial charge on any atom is -0.331 e. The number of hydrogen-bond acceptors (Lipinski definition) is 2. The largest absolute Gasteiger partial charge is 0.331 e. The van der Waals surface area contributed by atoms with Crippen molar-refractivity contribution in [1.29, 1.82) is 0 Å². The first kappa shape index (κ1) is 12.3. The Hall–Kier alpha value is -0.160. The van der Waals surface area contributed by atoms with E-state index in [1.807, 2.05) is 0 Å². The molecule has 0 radical (unpaired) electrons. The molecule has 2 atom stereocenters. The highest BCUT2D eigenvalue weighted by molar-refractivity contribution is 4.47. The van der Waals surface area contributed by atoms with Gasteiger partial charge in [0.2, 0.25) is 0 Å². The smallest absolute Gasteiger partial charge is 0.183 e. The van der Waals surface area contributed by atoms with Crippen molar-refractivity contribution in [3.63, 3.8) is 0 Å². The summed E-state index contributed by atoms with van der Waals surface area (Å²) >= 11 is 0. The molecule has 0 saturated carbocycles. The molecule has 16 heavy (non-hydrogen) atoms. The van der Waals surface area contributed by atoms with Gasteiger partial charge in [-0.05, 0) is 0 Å². The molecule has 0 N–H and O–H groups in total. The minimum absolute atomic E-state index is 0.890. The van der Waals surface area contributed by atoms with Crippen LogP contribution in [0.4, 0.5) is 0 Å². The number of ether oxygens (including phenoxy) is 2. The summed E-state index contributed by atoms with van der Waals surface area (Å²) < 4.78 is 13.3. The van der Waals surface area contributed by atoms with Gasteiger partial charge in [0.25, 0.3) is 0 Å². The van der Waals surface area contributed by atoms with Gasteiger partial charge in [0.1, 0.15) is 13.1 Å². The van der Waals surface area contributed by atoms with E-state index in [2.05, 4.69) is 14.1 Å². The van der Waals surface area contributed by atoms with E-state index in [4.69, 9.17) is 9.47 Å². The molecule has 2 saturated heterocycles. The van der Waals surface area contributed by atoms with Gasteiger partial charge in [0.05, 0.1) is 40.4 Å². The Morgan fingerprint density at radius 2 is 1.25 bits per heavy atom. The third-order valence-electron chi connectivity index (χ3n) is 3.96. The zero-order valence-electron chi connectivity index (χ0n) is 10.8. The summed E-state index contributed by atoms with van der Waals surface area (Å²) in [6, 6.07) is 0. The zero-order chi connectivity index (χ0) is 11.5. The number of likely N-dealkylation sites (N-methyl/N-ethyl adjacent to an activating group) is 2. The highest BCUT2D eigenvalue weighted by Gasteiger charge is 2.32. The predicted octanol–water partition coefficient (Wildman–Crippen LogP) is 0.635. The van der Waals surface area contributed by atoms with Gasteiger partial charge in [0.15, 0.2) is 13.5 Å². The van der Waals surface area contributed by atoms with Crippen LogP contribution in [0.5, 0.6) is 0 Å². The maximum absolute atomic E-state index is 5.59. The second-order valence-corrected chi connectivity index (χ2v) is 5.92. The quantitative estimate of drug-likeness (QED) is 0.662. The Morgan fingerprint density at radius 1 is 0.812 bits per heavy atom. The number of hydrogen-bond donors (Lipinski definition) is 0. The summed E-state index contributed by atoms with van der Waals surface area (Å²) in [5.74, 6) is 0. The van der Waals surface area contributed by atoms with E-state index in [9.17, 15) is 0 Å². The van der Waals surface area contributed by atoms with Crippen LogP contribution in [0, 0.1) is 0 Å². The summed E-state index contributed by atoms with van der Waals surface area (Å²) in [6.45, 7) is 8.62. The van der Waals surface area contributed by atoms with Gasteiger partial charge < -0.3 is 9.47 Å². The van der Waals surface area contributed by atoms with Gasteiger partial charge in [-0.3, -0.25) is 8.97 Å². The summed E-state index contributed by atoms with van der Waals surface area (Å²) in [4.78, 5) is 0. The number of rotatable bonds is 3. The van der Waals surface area contributed by atoms with Crippen molar-refractivity contribution < 1.29 is 18.4 Å². The maximum Gasteiger partial charge on any atom is 0.183 e. The highest BCUT2D eigenvalue weighted by atomic mass is 16.5. The zero-order valence-corrected chi connectivity index (χ0v) is 10.8. The van der Waals surface area contributed by atoms with Crippen LogP contribution in [0.3, 0.4) is 0 Å². The minimum atomic E-state index is 0.890. The molecule has 2 rings (SSSR count). The first-order valence-corrected chi connectivity index (χ1v) is 6.45. The normalized spacial score (nSPS) is 40.9. The summed E-state index contributed by atoms with van der Waals surface area (Å²) in [6.07, 6.45) is 2.41. The lowest BCUT2D eigenvalue weighted by Crippen LogP contribution is -2.58. The van der Waals surface area contributed by atoms with Gasteiger partial charge in [0, 0.05) is 12.8 Å². The average molecular weight is 230 g/mol. The van der Waals surface area contributed by atoms with E-state index in [0.29, 0.717) is 0 Å². The maximum atomic E-state index is 5.59. The van der Waals surface area contributed by atoms with E-state index < -0.39 is 0 Å². The SMILES string of the molecule is C[N+]1(CC[N+]2(C)CCCOC2)CCCOC1. The van der Waals surface area contributed by atoms with Gasteiger partial charge in [-0.25, -0.2) is 0 Å². The standard InChI is InChI=1S/C12H26N2O2/c1-13(5-3-9-15-11-13)7-8-14(2)6-4-10-16-12-14/h3-12H2,1-2H3/q+2. The van der Waals surface area contributed by atoms with Crippen molar-refractivity contribution in [2.24, 2.45) is 0 Å². The van der Waals surface area contributed by atoms with E-state index in [0.717, 1.165) is 35.6 Å². The van der Waals surface area contributed by atoms with E-state index >= 15 is 0 Å². The molecule has 94 valence electrons. The van der Waals surface area contributed by atoms with Gasteiger partial charge in [-0.15, -0.1) is 0 Å². The molecular weight excluding hydrogens is 204 g/mol. The third kappa shape index (κ3) is 3.17. The second-order valence-electron chi connectivity index (χ2n) is 5.92. The second kappa shape index (κ2) is 5.00. The molecule has 2 aliphatic heterocycles. The summed E-state index contributed by atoms with van der Waals surface area (Å²) in [5.41, 5.74) is 0. The number of quaternary nitrogens is 2. The Labute approximate surface area is 98.9 Å². The first-order valence-electron chi connectivity index (χ1n) is 6.45. The molecule has 2 heterocycles. The molecule has 2 fully saturated rings. The molecule has 2 aliphatic rings.